The van der Waals surface area contributed by atoms with Gasteiger partial charge in [0, 0.05) is 0 Å². The average Bonchev–Trinajstić information content (AvgIpc) is 3.16. The molecule has 0 aliphatic heterocycles. The Morgan fingerprint density at radius 2 is 1.93 bits per heavy atom. The van der Waals surface area contributed by atoms with E-state index in [-0.39, 0.29) is 12.1 Å². The van der Waals surface area contributed by atoms with Gasteiger partial charge in [0.25, 0.3) is 0 Å². The second-order valence-corrected chi connectivity index (χ2v) is 23.0. The number of hydrogen-bond donors (Lipinski definition) is 1. The van der Waals surface area contributed by atoms with Gasteiger partial charge in [-0.25, -0.2) is 0 Å². The third-order valence-electron chi connectivity index (χ3n) is 5.53. The Hall–Kier alpha value is -2.72. The molecule has 0 radical (unpaired) electrons. The van der Waals surface area contributed by atoms with Gasteiger partial charge in [-0.05, 0) is 0 Å². The van der Waals surface area contributed by atoms with E-state index in [1.807, 2.05) is 6.33 Å². The van der Waals surface area contributed by atoms with Crippen LogP contribution in [0.1, 0.15) is 42.9 Å². The number of anilines is 1. The molecule has 0 saturated heterocycles. The molecule has 0 spiro atoms. The van der Waals surface area contributed by atoms with Crippen molar-refractivity contribution in [2.24, 2.45) is 0 Å². The second-order valence-electron chi connectivity index (χ2n) is 8.81. The molecular formula is C21H24N8Sn. The van der Waals surface area contributed by atoms with E-state index in [0.717, 1.165) is 40.6 Å². The van der Waals surface area contributed by atoms with Crippen molar-refractivity contribution < 1.29 is 0 Å². The van der Waals surface area contributed by atoms with E-state index < -0.39 is 18.4 Å². The first-order valence-corrected chi connectivity index (χ1v) is 20.1. The van der Waals surface area contributed by atoms with Gasteiger partial charge in [-0.2, -0.15) is 5.26 Å². The molecule has 1 fully saturated rings. The summed E-state index contributed by atoms with van der Waals surface area (Å²) >= 11 is -2.52. The van der Waals surface area contributed by atoms with Gasteiger partial charge in [0.2, 0.25) is 0 Å². The summed E-state index contributed by atoms with van der Waals surface area (Å²) in [6.45, 7) is 0. The summed E-state index contributed by atoms with van der Waals surface area (Å²) in [6, 6.07) is 6.66. The van der Waals surface area contributed by atoms with Crippen molar-refractivity contribution in [1.29, 1.82) is 10.5 Å². The number of nitrogens with zero attached hydrogens (tertiary/aromatic N) is 7. The monoisotopic (exact) mass is 508 g/mol. The molecule has 3 aromatic rings. The van der Waals surface area contributed by atoms with Crippen LogP contribution >= 0.6 is 0 Å². The summed E-state index contributed by atoms with van der Waals surface area (Å²) in [5.74, 6) is 0.619. The molecule has 9 heteroatoms. The zero-order chi connectivity index (χ0) is 21.3. The van der Waals surface area contributed by atoms with E-state index in [0.29, 0.717) is 17.1 Å². The quantitative estimate of drug-likeness (QED) is 0.540. The Kier molecular flexibility index (Phi) is 5.61. The first kappa shape index (κ1) is 20.5. The SMILES string of the molecule is [CH3][Sn]([CH3])([CH3])[c]1nc(N[C@@H]2CCC[C@H](n3cnc4cc(C#N)cnc43)C2)ncc1C#N. The third-order valence-corrected chi connectivity index (χ3v) is 10.7. The number of rotatable bonds is 4. The molecule has 4 rings (SSSR count). The van der Waals surface area contributed by atoms with Crippen molar-refractivity contribution in [3.8, 4) is 12.1 Å². The van der Waals surface area contributed by atoms with Gasteiger partial charge in [0.05, 0.1) is 0 Å². The Morgan fingerprint density at radius 1 is 1.10 bits per heavy atom. The van der Waals surface area contributed by atoms with Crippen LogP contribution in [0.15, 0.2) is 24.8 Å². The molecule has 3 aromatic heterocycles. The Morgan fingerprint density at radius 3 is 2.67 bits per heavy atom. The minimum absolute atomic E-state index is 0.246. The van der Waals surface area contributed by atoms with E-state index in [1.54, 1.807) is 18.5 Å². The molecule has 2 atom stereocenters. The Labute approximate surface area is 179 Å². The number of nitriles is 2. The van der Waals surface area contributed by atoms with Crippen LogP contribution in [0.2, 0.25) is 14.8 Å². The number of pyridine rings is 1. The number of fused-ring (bicyclic) bond motifs is 1. The van der Waals surface area contributed by atoms with Crippen molar-refractivity contribution in [3.63, 3.8) is 0 Å². The van der Waals surface area contributed by atoms with E-state index in [1.165, 1.54) is 0 Å². The fourth-order valence-corrected chi connectivity index (χ4v) is 7.99. The van der Waals surface area contributed by atoms with Crippen molar-refractivity contribution in [1.82, 2.24) is 24.5 Å². The van der Waals surface area contributed by atoms with Crippen LogP contribution in [0.5, 0.6) is 0 Å². The molecule has 0 bridgehead atoms. The number of nitrogens with one attached hydrogen (secondary N) is 1. The summed E-state index contributed by atoms with van der Waals surface area (Å²) in [6.07, 6.45) is 9.20. The van der Waals surface area contributed by atoms with Gasteiger partial charge in [-0.1, -0.05) is 0 Å². The zero-order valence-corrected chi connectivity index (χ0v) is 20.3. The van der Waals surface area contributed by atoms with Crippen LogP contribution < -0.4 is 9.03 Å². The van der Waals surface area contributed by atoms with Crippen molar-refractivity contribution >= 4 is 39.2 Å². The molecule has 1 N–H and O–H groups in total. The molecule has 152 valence electrons. The topological polar surface area (TPSA) is 116 Å². The molecule has 1 saturated carbocycles. The maximum absolute atomic E-state index is 9.40. The molecule has 8 nitrogen and oxygen atoms in total. The van der Waals surface area contributed by atoms with Gasteiger partial charge in [-0.3, -0.25) is 0 Å². The van der Waals surface area contributed by atoms with Crippen molar-refractivity contribution in [3.05, 3.63) is 35.9 Å². The summed E-state index contributed by atoms with van der Waals surface area (Å²) in [7, 11) is 0. The number of imidazole rings is 1. The number of hydrogen-bond acceptors (Lipinski definition) is 7. The van der Waals surface area contributed by atoms with E-state index in [2.05, 4.69) is 51.8 Å². The predicted molar refractivity (Wildman–Crippen MR) is 117 cm³/mol. The Balaban J connectivity index is 1.54. The molecule has 3 heterocycles. The van der Waals surface area contributed by atoms with Crippen LogP contribution in [0.3, 0.4) is 0 Å². The number of aromatic nitrogens is 5. The van der Waals surface area contributed by atoms with E-state index >= 15 is 0 Å². The molecule has 0 amide bonds. The van der Waals surface area contributed by atoms with E-state index in [9.17, 15) is 5.26 Å². The van der Waals surface area contributed by atoms with Gasteiger partial charge < -0.3 is 0 Å². The van der Waals surface area contributed by atoms with Gasteiger partial charge in [0.1, 0.15) is 6.07 Å². The fraction of sp³-hybridized carbons (Fsp3) is 0.429. The second kappa shape index (κ2) is 8.19. The summed E-state index contributed by atoms with van der Waals surface area (Å²) in [5.41, 5.74) is 2.70. The van der Waals surface area contributed by atoms with Crippen molar-refractivity contribution in [2.75, 3.05) is 5.32 Å². The van der Waals surface area contributed by atoms with Crippen LogP contribution in [-0.4, -0.2) is 48.9 Å². The first-order chi connectivity index (χ1) is 14.4. The first-order valence-electron chi connectivity index (χ1n) is 10.2. The zero-order valence-electron chi connectivity index (χ0n) is 17.4. The fourth-order valence-electron chi connectivity index (χ4n) is 4.08. The van der Waals surface area contributed by atoms with E-state index in [4.69, 9.17) is 10.2 Å². The molecule has 0 unspecified atom stereocenters. The predicted octanol–water partition coefficient (Wildman–Crippen LogP) is 3.11. The van der Waals surface area contributed by atoms with Gasteiger partial charge >= 0.3 is 169 Å². The summed E-state index contributed by atoms with van der Waals surface area (Å²) in [4.78, 5) is 24.8. The molecule has 30 heavy (non-hydrogen) atoms. The normalized spacial score (nSPS) is 19.2. The van der Waals surface area contributed by atoms with Crippen molar-refractivity contribution in [2.45, 2.75) is 52.6 Å². The van der Waals surface area contributed by atoms with Crippen LogP contribution in [0, 0.1) is 22.7 Å². The standard InChI is InChI=1S/C18H15N8.3CH3.Sn/c19-6-12-4-16-17(21-8-12)26(11-24-16)15-3-1-2-14(5-15)25-18-22-9-13(7-20)10-23-18;;;;/h4,8-9,11,14-15H,1-3,5H2,(H,22,23,25);3*1H3;/t14-,15+;;;;/m1..../s1. The molecule has 0 aromatic carbocycles. The minimum atomic E-state index is -2.52. The Bertz CT molecular complexity index is 1160. The van der Waals surface area contributed by atoms with Gasteiger partial charge in [0.15, 0.2) is 0 Å². The molecular weight excluding hydrogens is 483 g/mol. The average molecular weight is 507 g/mol. The van der Waals surface area contributed by atoms with Crippen LogP contribution in [-0.2, 0) is 0 Å². The van der Waals surface area contributed by atoms with Gasteiger partial charge in [-0.15, -0.1) is 0 Å². The molecule has 1 aliphatic carbocycles. The maximum atomic E-state index is 9.40. The van der Waals surface area contributed by atoms with Crippen LogP contribution in [0.25, 0.3) is 11.2 Å². The summed E-state index contributed by atoms with van der Waals surface area (Å²) < 4.78 is 3.09. The molecule has 1 aliphatic rings. The summed E-state index contributed by atoms with van der Waals surface area (Å²) in [5, 5.41) is 22.0. The third kappa shape index (κ3) is 4.10. The van der Waals surface area contributed by atoms with Crippen LogP contribution in [0.4, 0.5) is 5.95 Å².